The zero-order valence-electron chi connectivity index (χ0n) is 17.1. The lowest BCUT2D eigenvalue weighted by atomic mass is 9.69. The average molecular weight is 400 g/mol. The lowest BCUT2D eigenvalue weighted by Gasteiger charge is -2.38. The van der Waals surface area contributed by atoms with Crippen molar-refractivity contribution < 1.29 is 9.18 Å². The van der Waals surface area contributed by atoms with E-state index in [-0.39, 0.29) is 17.1 Å². The Hall–Kier alpha value is -2.28. The summed E-state index contributed by atoms with van der Waals surface area (Å²) in [4.78, 5) is 12.9. The SMILES string of the molecule is Cc1c(C(=O)NCC2(c3cccc(F)c3)CCCCC2)nnn1C1CCNCC1. The molecule has 1 aromatic carbocycles. The minimum Gasteiger partial charge on any atom is -0.350 e. The lowest BCUT2D eigenvalue weighted by molar-refractivity contribution is 0.0931. The van der Waals surface area contributed by atoms with Crippen LogP contribution in [0, 0.1) is 12.7 Å². The molecule has 2 N–H and O–H groups in total. The number of aromatic nitrogens is 3. The third kappa shape index (κ3) is 4.20. The predicted octanol–water partition coefficient (Wildman–Crippen LogP) is 3.28. The Bertz CT molecular complexity index is 853. The summed E-state index contributed by atoms with van der Waals surface area (Å²) >= 11 is 0. The number of piperidine rings is 1. The van der Waals surface area contributed by atoms with Crippen LogP contribution in [0.2, 0.25) is 0 Å². The van der Waals surface area contributed by atoms with E-state index >= 15 is 0 Å². The van der Waals surface area contributed by atoms with Crippen LogP contribution in [0.15, 0.2) is 24.3 Å². The molecule has 2 aromatic rings. The number of rotatable bonds is 5. The van der Waals surface area contributed by atoms with Crippen LogP contribution in [0.1, 0.15) is 72.7 Å². The van der Waals surface area contributed by atoms with Crippen molar-refractivity contribution in [2.75, 3.05) is 19.6 Å². The number of amides is 1. The quantitative estimate of drug-likeness (QED) is 0.809. The fourth-order valence-electron chi connectivity index (χ4n) is 4.90. The third-order valence-corrected chi connectivity index (χ3v) is 6.63. The Kier molecular flexibility index (Phi) is 5.94. The summed E-state index contributed by atoms with van der Waals surface area (Å²) in [5.41, 5.74) is 1.98. The molecule has 7 heteroatoms. The molecule has 6 nitrogen and oxygen atoms in total. The molecule has 0 radical (unpaired) electrons. The van der Waals surface area contributed by atoms with Gasteiger partial charge in [0.05, 0.1) is 11.7 Å². The number of carbonyl (C=O) groups is 1. The molecule has 1 aliphatic carbocycles. The molecule has 0 spiro atoms. The first-order valence-corrected chi connectivity index (χ1v) is 10.8. The molecular formula is C22H30FN5O. The second-order valence-corrected chi connectivity index (χ2v) is 8.48. The number of halogens is 1. The van der Waals surface area contributed by atoms with Gasteiger partial charge in [0.2, 0.25) is 0 Å². The van der Waals surface area contributed by atoms with Crippen LogP contribution in [0.4, 0.5) is 4.39 Å². The molecular weight excluding hydrogens is 369 g/mol. The van der Waals surface area contributed by atoms with E-state index in [1.807, 2.05) is 17.7 Å². The summed E-state index contributed by atoms with van der Waals surface area (Å²) in [6.45, 7) is 4.33. The Morgan fingerprint density at radius 1 is 1.28 bits per heavy atom. The molecule has 1 saturated carbocycles. The highest BCUT2D eigenvalue weighted by atomic mass is 19.1. The maximum atomic E-state index is 13.9. The maximum absolute atomic E-state index is 13.9. The molecule has 2 aliphatic rings. The summed E-state index contributed by atoms with van der Waals surface area (Å²) in [5.74, 6) is -0.413. The van der Waals surface area contributed by atoms with Gasteiger partial charge in [0, 0.05) is 12.0 Å². The number of hydrogen-bond acceptors (Lipinski definition) is 4. The number of carbonyl (C=O) groups excluding carboxylic acids is 1. The van der Waals surface area contributed by atoms with Crippen LogP contribution in [0.25, 0.3) is 0 Å². The Labute approximate surface area is 171 Å². The van der Waals surface area contributed by atoms with Gasteiger partial charge in [-0.25, -0.2) is 9.07 Å². The van der Waals surface area contributed by atoms with Crippen molar-refractivity contribution in [2.45, 2.75) is 63.3 Å². The van der Waals surface area contributed by atoms with Gasteiger partial charge in [0.15, 0.2) is 5.69 Å². The van der Waals surface area contributed by atoms with Gasteiger partial charge in [-0.2, -0.15) is 0 Å². The molecule has 2 heterocycles. The smallest absolute Gasteiger partial charge is 0.273 e. The van der Waals surface area contributed by atoms with Crippen LogP contribution in [0.3, 0.4) is 0 Å². The molecule has 1 saturated heterocycles. The normalized spacial score (nSPS) is 19.8. The molecule has 4 rings (SSSR count). The van der Waals surface area contributed by atoms with Gasteiger partial charge in [0.1, 0.15) is 5.82 Å². The van der Waals surface area contributed by atoms with E-state index in [4.69, 9.17) is 0 Å². The standard InChI is InChI=1S/C22H30FN5O/c1-16-20(26-27-28(16)19-8-12-24-13-9-19)21(29)25-15-22(10-3-2-4-11-22)17-6-5-7-18(23)14-17/h5-7,14,19,24H,2-4,8-13,15H2,1H3,(H,25,29). The minimum absolute atomic E-state index is 0.191. The largest absolute Gasteiger partial charge is 0.350 e. The third-order valence-electron chi connectivity index (χ3n) is 6.63. The van der Waals surface area contributed by atoms with Gasteiger partial charge in [0.25, 0.3) is 5.91 Å². The van der Waals surface area contributed by atoms with Gasteiger partial charge >= 0.3 is 0 Å². The number of nitrogens with zero attached hydrogens (tertiary/aromatic N) is 3. The van der Waals surface area contributed by atoms with Crippen LogP contribution in [0.5, 0.6) is 0 Å². The highest BCUT2D eigenvalue weighted by Gasteiger charge is 2.35. The van der Waals surface area contributed by atoms with Gasteiger partial charge in [-0.3, -0.25) is 4.79 Å². The van der Waals surface area contributed by atoms with Crippen molar-refractivity contribution in [3.8, 4) is 0 Å². The maximum Gasteiger partial charge on any atom is 0.273 e. The van der Waals surface area contributed by atoms with Gasteiger partial charge in [-0.05, 0) is 63.4 Å². The first-order chi connectivity index (χ1) is 14.1. The molecule has 0 bridgehead atoms. The van der Waals surface area contributed by atoms with E-state index in [0.29, 0.717) is 18.3 Å². The van der Waals surface area contributed by atoms with Crippen LogP contribution >= 0.6 is 0 Å². The highest BCUT2D eigenvalue weighted by molar-refractivity contribution is 5.93. The molecule has 156 valence electrons. The second kappa shape index (κ2) is 8.61. The molecule has 0 unspecified atom stereocenters. The Morgan fingerprint density at radius 3 is 2.76 bits per heavy atom. The Balaban J connectivity index is 1.49. The van der Waals surface area contributed by atoms with Crippen molar-refractivity contribution in [1.82, 2.24) is 25.6 Å². The zero-order valence-corrected chi connectivity index (χ0v) is 17.1. The molecule has 1 amide bonds. The summed E-state index contributed by atoms with van der Waals surface area (Å²) < 4.78 is 15.8. The van der Waals surface area contributed by atoms with Crippen molar-refractivity contribution in [2.24, 2.45) is 0 Å². The first kappa shape index (κ1) is 20.0. The fourth-order valence-corrected chi connectivity index (χ4v) is 4.90. The topological polar surface area (TPSA) is 71.8 Å². The zero-order chi connectivity index (χ0) is 20.3. The van der Waals surface area contributed by atoms with Crippen molar-refractivity contribution in [3.63, 3.8) is 0 Å². The van der Waals surface area contributed by atoms with E-state index < -0.39 is 0 Å². The van der Waals surface area contributed by atoms with Gasteiger partial charge in [-0.15, -0.1) is 5.10 Å². The summed E-state index contributed by atoms with van der Waals surface area (Å²) in [6.07, 6.45) is 7.28. The van der Waals surface area contributed by atoms with Crippen LogP contribution in [-0.2, 0) is 5.41 Å². The van der Waals surface area contributed by atoms with Crippen LogP contribution in [-0.4, -0.2) is 40.5 Å². The fraction of sp³-hybridized carbons (Fsp3) is 0.591. The monoisotopic (exact) mass is 399 g/mol. The molecule has 29 heavy (non-hydrogen) atoms. The van der Waals surface area contributed by atoms with E-state index in [9.17, 15) is 9.18 Å². The Morgan fingerprint density at radius 2 is 2.03 bits per heavy atom. The summed E-state index contributed by atoms with van der Waals surface area (Å²) in [5, 5.41) is 14.9. The van der Waals surface area contributed by atoms with Gasteiger partial charge in [-0.1, -0.05) is 36.6 Å². The number of hydrogen-bond donors (Lipinski definition) is 2. The van der Waals surface area contributed by atoms with E-state index in [2.05, 4.69) is 20.9 Å². The predicted molar refractivity (Wildman–Crippen MR) is 109 cm³/mol. The number of benzene rings is 1. The van der Waals surface area contributed by atoms with Gasteiger partial charge < -0.3 is 10.6 Å². The van der Waals surface area contributed by atoms with E-state index in [0.717, 1.165) is 62.9 Å². The van der Waals surface area contributed by atoms with Crippen molar-refractivity contribution >= 4 is 5.91 Å². The highest BCUT2D eigenvalue weighted by Crippen LogP contribution is 2.39. The first-order valence-electron chi connectivity index (χ1n) is 10.8. The molecule has 1 aromatic heterocycles. The number of nitrogens with one attached hydrogen (secondary N) is 2. The molecule has 1 aliphatic heterocycles. The van der Waals surface area contributed by atoms with Crippen molar-refractivity contribution in [3.05, 3.63) is 47.0 Å². The van der Waals surface area contributed by atoms with E-state index in [1.165, 1.54) is 12.5 Å². The second-order valence-electron chi connectivity index (χ2n) is 8.48. The summed E-state index contributed by atoms with van der Waals surface area (Å²) in [6, 6.07) is 7.14. The van der Waals surface area contributed by atoms with Crippen LogP contribution < -0.4 is 10.6 Å². The lowest BCUT2D eigenvalue weighted by Crippen LogP contribution is -2.42. The van der Waals surface area contributed by atoms with Crippen molar-refractivity contribution in [1.29, 1.82) is 0 Å². The molecule has 2 fully saturated rings. The van der Waals surface area contributed by atoms with E-state index in [1.54, 1.807) is 12.1 Å². The minimum atomic E-state index is -0.223. The molecule has 0 atom stereocenters. The summed E-state index contributed by atoms with van der Waals surface area (Å²) in [7, 11) is 0. The average Bonchev–Trinajstić information content (AvgIpc) is 3.15.